The molecule has 0 amide bonds. The van der Waals surface area contributed by atoms with Crippen LogP contribution in [0.4, 0.5) is 0 Å². The van der Waals surface area contributed by atoms with E-state index in [9.17, 15) is 9.59 Å². The fraction of sp³-hybridized carbons (Fsp3) is 0.562. The highest BCUT2D eigenvalue weighted by Crippen LogP contribution is 2.24. The second-order valence-corrected chi connectivity index (χ2v) is 11.0. The molecule has 2 aromatic carbocycles. The molecular formula is C32H45ClO4. The van der Waals surface area contributed by atoms with Crippen LogP contribution >= 0.6 is 11.6 Å². The normalized spacial score (nSPS) is 11.9. The molecule has 0 fully saturated rings. The van der Waals surface area contributed by atoms with E-state index in [2.05, 4.69) is 20.8 Å². The maximum Gasteiger partial charge on any atom is 0.338 e. The second kappa shape index (κ2) is 18.0. The first kappa shape index (κ1) is 30.9. The first-order chi connectivity index (χ1) is 17.9. The van der Waals surface area contributed by atoms with Crippen molar-refractivity contribution in [2.45, 2.75) is 103 Å². The molecule has 1 atom stereocenters. The predicted molar refractivity (Wildman–Crippen MR) is 153 cm³/mol. The summed E-state index contributed by atoms with van der Waals surface area (Å²) in [5, 5.41) is -0.175. The van der Waals surface area contributed by atoms with Gasteiger partial charge in [-0.25, -0.2) is 4.79 Å². The van der Waals surface area contributed by atoms with Gasteiger partial charge < -0.3 is 9.47 Å². The molecule has 1 unspecified atom stereocenters. The molecule has 0 spiro atoms. The average molecular weight is 529 g/mol. The molecule has 2 rings (SSSR count). The van der Waals surface area contributed by atoms with Crippen LogP contribution in [0, 0.1) is 5.92 Å². The van der Waals surface area contributed by atoms with E-state index in [1.165, 1.54) is 51.4 Å². The summed E-state index contributed by atoms with van der Waals surface area (Å²) in [5.74, 6) is 0.464. The molecule has 2 aromatic rings. The van der Waals surface area contributed by atoms with Gasteiger partial charge >= 0.3 is 11.9 Å². The van der Waals surface area contributed by atoms with E-state index in [1.54, 1.807) is 12.1 Å². The van der Waals surface area contributed by atoms with Gasteiger partial charge in [0.05, 0.1) is 10.9 Å². The number of ether oxygens (including phenoxy) is 2. The Hall–Kier alpha value is -2.33. The number of alkyl halides is 1. The van der Waals surface area contributed by atoms with E-state index in [1.807, 2.05) is 36.4 Å². The average Bonchev–Trinajstić information content (AvgIpc) is 2.88. The molecule has 0 N–H and O–H groups in total. The zero-order valence-corrected chi connectivity index (χ0v) is 23.7. The van der Waals surface area contributed by atoms with Gasteiger partial charge in [0.15, 0.2) is 0 Å². The highest BCUT2D eigenvalue weighted by atomic mass is 35.5. The summed E-state index contributed by atoms with van der Waals surface area (Å²) >= 11 is 6.21. The Morgan fingerprint density at radius 2 is 1.27 bits per heavy atom. The van der Waals surface area contributed by atoms with Crippen molar-refractivity contribution in [2.75, 3.05) is 6.61 Å². The van der Waals surface area contributed by atoms with Gasteiger partial charge in [0.1, 0.15) is 12.4 Å². The lowest BCUT2D eigenvalue weighted by molar-refractivity contribution is -0.134. The number of carbonyl (C=O) groups excluding carboxylic acids is 2. The van der Waals surface area contributed by atoms with Crippen LogP contribution < -0.4 is 4.74 Å². The van der Waals surface area contributed by atoms with Gasteiger partial charge in [-0.05, 0) is 54.2 Å². The topological polar surface area (TPSA) is 52.6 Å². The monoisotopic (exact) mass is 528 g/mol. The van der Waals surface area contributed by atoms with Crippen molar-refractivity contribution in [2.24, 2.45) is 5.92 Å². The zero-order chi connectivity index (χ0) is 26.9. The Bertz CT molecular complexity index is 905. The fourth-order valence-corrected chi connectivity index (χ4v) is 4.70. The van der Waals surface area contributed by atoms with Gasteiger partial charge in [0.2, 0.25) is 0 Å². The summed E-state index contributed by atoms with van der Waals surface area (Å²) in [6.07, 6.45) is 13.7. The van der Waals surface area contributed by atoms with E-state index < -0.39 is 0 Å². The summed E-state index contributed by atoms with van der Waals surface area (Å²) < 4.78 is 10.8. The molecule has 0 aromatic heterocycles. The lowest BCUT2D eigenvalue weighted by atomic mass is 10.0. The van der Waals surface area contributed by atoms with Crippen LogP contribution in [0.25, 0.3) is 11.1 Å². The zero-order valence-electron chi connectivity index (χ0n) is 23.0. The third-order valence-corrected chi connectivity index (χ3v) is 6.70. The van der Waals surface area contributed by atoms with Crippen molar-refractivity contribution in [3.05, 3.63) is 54.1 Å². The number of benzene rings is 2. The van der Waals surface area contributed by atoms with Crippen LogP contribution in [0.1, 0.15) is 108 Å². The van der Waals surface area contributed by atoms with E-state index in [4.69, 9.17) is 21.1 Å². The summed E-state index contributed by atoms with van der Waals surface area (Å²) in [7, 11) is 0. The lowest BCUT2D eigenvalue weighted by Crippen LogP contribution is -2.16. The first-order valence-electron chi connectivity index (χ1n) is 14.1. The molecule has 0 aliphatic carbocycles. The minimum Gasteiger partial charge on any atom is -0.461 e. The predicted octanol–water partition coefficient (Wildman–Crippen LogP) is 9.38. The van der Waals surface area contributed by atoms with Gasteiger partial charge in [-0.15, -0.1) is 11.6 Å². The number of hydrogen-bond acceptors (Lipinski definition) is 4. The summed E-state index contributed by atoms with van der Waals surface area (Å²) in [6, 6.07) is 14.7. The van der Waals surface area contributed by atoms with Crippen molar-refractivity contribution in [1.29, 1.82) is 0 Å². The molecule has 0 aliphatic heterocycles. The van der Waals surface area contributed by atoms with Crippen LogP contribution in [-0.2, 0) is 9.53 Å². The first-order valence-corrected chi connectivity index (χ1v) is 14.5. The van der Waals surface area contributed by atoms with E-state index in [0.717, 1.165) is 30.4 Å². The number of hydrogen-bond donors (Lipinski definition) is 0. The van der Waals surface area contributed by atoms with Gasteiger partial charge in [-0.3, -0.25) is 4.79 Å². The minimum atomic E-state index is -0.370. The number of carbonyl (C=O) groups is 2. The largest absolute Gasteiger partial charge is 0.461 e. The van der Waals surface area contributed by atoms with Crippen LogP contribution in [0.2, 0.25) is 0 Å². The second-order valence-electron chi connectivity index (χ2n) is 10.3. The fourth-order valence-electron chi connectivity index (χ4n) is 4.28. The molecule has 0 aliphatic rings. The van der Waals surface area contributed by atoms with E-state index in [-0.39, 0.29) is 23.9 Å². The number of rotatable bonds is 18. The summed E-state index contributed by atoms with van der Waals surface area (Å²) in [6.45, 7) is 6.63. The highest BCUT2D eigenvalue weighted by molar-refractivity contribution is 6.20. The third-order valence-electron chi connectivity index (χ3n) is 6.40. The van der Waals surface area contributed by atoms with Crippen molar-refractivity contribution >= 4 is 23.5 Å². The molecule has 0 saturated carbocycles. The van der Waals surface area contributed by atoms with Gasteiger partial charge in [0.25, 0.3) is 0 Å². The third kappa shape index (κ3) is 13.2. The van der Waals surface area contributed by atoms with Crippen LogP contribution in [0.3, 0.4) is 0 Å². The Kier molecular flexibility index (Phi) is 15.0. The van der Waals surface area contributed by atoms with Crippen LogP contribution in [0.15, 0.2) is 48.5 Å². The minimum absolute atomic E-state index is 0.175. The maximum absolute atomic E-state index is 12.3. The number of unbranched alkanes of at least 4 members (excludes halogenated alkanes) is 9. The van der Waals surface area contributed by atoms with Crippen LogP contribution in [0.5, 0.6) is 5.75 Å². The van der Waals surface area contributed by atoms with Crippen molar-refractivity contribution in [3.8, 4) is 16.9 Å². The number of esters is 2. The molecule has 37 heavy (non-hydrogen) atoms. The molecule has 0 bridgehead atoms. The molecule has 5 heteroatoms. The molecule has 0 radical (unpaired) electrons. The summed E-state index contributed by atoms with van der Waals surface area (Å²) in [5.41, 5.74) is 2.44. The van der Waals surface area contributed by atoms with Gasteiger partial charge in [-0.2, -0.15) is 0 Å². The molecular weight excluding hydrogens is 484 g/mol. The van der Waals surface area contributed by atoms with Gasteiger partial charge in [0, 0.05) is 6.42 Å². The smallest absolute Gasteiger partial charge is 0.338 e. The molecule has 4 nitrogen and oxygen atoms in total. The Labute approximate surface area is 229 Å². The summed E-state index contributed by atoms with van der Waals surface area (Å²) in [4.78, 5) is 24.5. The van der Waals surface area contributed by atoms with Gasteiger partial charge in [-0.1, -0.05) is 103 Å². The molecule has 204 valence electrons. The maximum atomic E-state index is 12.3. The Morgan fingerprint density at radius 3 is 1.81 bits per heavy atom. The van der Waals surface area contributed by atoms with Crippen LogP contribution in [-0.4, -0.2) is 23.9 Å². The lowest BCUT2D eigenvalue weighted by Gasteiger charge is -2.12. The van der Waals surface area contributed by atoms with E-state index in [0.29, 0.717) is 23.7 Å². The quantitative estimate of drug-likeness (QED) is 0.0836. The van der Waals surface area contributed by atoms with Crippen molar-refractivity contribution in [1.82, 2.24) is 0 Å². The highest BCUT2D eigenvalue weighted by Gasteiger charge is 2.13. The van der Waals surface area contributed by atoms with Crippen molar-refractivity contribution in [3.63, 3.8) is 0 Å². The SMILES string of the molecule is CCCCCCCCCCCCC(=O)Oc1ccc(-c2ccc(C(=O)OCC(Cl)CC(C)C)cc2)cc1. The Balaban J connectivity index is 1.68. The van der Waals surface area contributed by atoms with E-state index >= 15 is 0 Å². The Morgan fingerprint density at radius 1 is 0.757 bits per heavy atom. The molecule has 0 saturated heterocycles. The molecule has 0 heterocycles. The number of halogens is 1. The van der Waals surface area contributed by atoms with Crippen molar-refractivity contribution < 1.29 is 19.1 Å². The standard InChI is InChI=1S/C32H45ClO4/c1-4-5-6-7-8-9-10-11-12-13-14-31(34)37-30-21-19-27(20-22-30)26-15-17-28(18-16-26)32(35)36-24-29(33)23-25(2)3/h15-22,25,29H,4-14,23-24H2,1-3H3.